The molecule has 3 rings (SSSR count). The summed E-state index contributed by atoms with van der Waals surface area (Å²) in [6.07, 6.45) is 3.33. The summed E-state index contributed by atoms with van der Waals surface area (Å²) in [5, 5.41) is 14.0. The predicted octanol–water partition coefficient (Wildman–Crippen LogP) is 4.00. The Morgan fingerprint density at radius 2 is 1.87 bits per heavy atom. The second-order valence-electron chi connectivity index (χ2n) is 6.91. The Balaban J connectivity index is 1.65. The third-order valence-electron chi connectivity index (χ3n) is 4.75. The van der Waals surface area contributed by atoms with Crippen LogP contribution in [0.25, 0.3) is 0 Å². The van der Waals surface area contributed by atoms with Crippen molar-refractivity contribution in [1.29, 1.82) is 0 Å². The van der Waals surface area contributed by atoms with E-state index in [2.05, 4.69) is 10.3 Å². The molecule has 3 aromatic rings. The number of hydrogen-bond donors (Lipinski definition) is 1. The minimum Gasteiger partial charge on any atom is -0.493 e. The maximum atomic E-state index is 12.5. The normalized spacial score (nSPS) is 11.4. The third kappa shape index (κ3) is 5.79. The molecule has 1 N–H and O–H groups in total. The molecule has 1 amide bonds. The van der Waals surface area contributed by atoms with Crippen molar-refractivity contribution < 1.29 is 19.2 Å². The van der Waals surface area contributed by atoms with Crippen LogP contribution in [0.2, 0.25) is 0 Å². The fourth-order valence-electron chi connectivity index (χ4n) is 3.10. The SMILES string of the molecule is COc1cc(C(C)NC(=O)Cc2ccccc2[N+](=O)[O-])ccc1OCc1ccncc1. The van der Waals surface area contributed by atoms with Gasteiger partial charge >= 0.3 is 0 Å². The van der Waals surface area contributed by atoms with Crippen LogP contribution in [0.4, 0.5) is 5.69 Å². The lowest BCUT2D eigenvalue weighted by Gasteiger charge is -2.17. The molecule has 160 valence electrons. The van der Waals surface area contributed by atoms with Gasteiger partial charge in [-0.15, -0.1) is 0 Å². The van der Waals surface area contributed by atoms with Crippen molar-refractivity contribution in [1.82, 2.24) is 10.3 Å². The first-order valence-corrected chi connectivity index (χ1v) is 9.69. The highest BCUT2D eigenvalue weighted by Gasteiger charge is 2.18. The first kappa shape index (κ1) is 21.8. The minimum atomic E-state index is -0.485. The van der Waals surface area contributed by atoms with E-state index in [1.54, 1.807) is 49.8 Å². The fraction of sp³-hybridized carbons (Fsp3) is 0.217. The van der Waals surface area contributed by atoms with Gasteiger partial charge in [-0.1, -0.05) is 24.3 Å². The van der Waals surface area contributed by atoms with Gasteiger partial charge in [-0.2, -0.15) is 0 Å². The number of benzene rings is 2. The molecule has 1 heterocycles. The molecule has 0 radical (unpaired) electrons. The van der Waals surface area contributed by atoms with Gasteiger partial charge < -0.3 is 14.8 Å². The van der Waals surface area contributed by atoms with Crippen LogP contribution in [-0.4, -0.2) is 22.9 Å². The number of carbonyl (C=O) groups excluding carboxylic acids is 1. The Hall–Kier alpha value is -3.94. The highest BCUT2D eigenvalue weighted by Crippen LogP contribution is 2.31. The standard InChI is InChI=1S/C23H23N3O5/c1-16(25-23(27)14-19-5-3-4-6-20(19)26(28)29)18-7-8-21(22(13-18)30-2)31-15-17-9-11-24-12-10-17/h3-13,16H,14-15H2,1-2H3,(H,25,27). The van der Waals surface area contributed by atoms with E-state index in [-0.39, 0.29) is 24.1 Å². The van der Waals surface area contributed by atoms with E-state index in [1.165, 1.54) is 6.07 Å². The summed E-state index contributed by atoms with van der Waals surface area (Å²) >= 11 is 0. The molecule has 1 unspecified atom stereocenters. The van der Waals surface area contributed by atoms with Crippen LogP contribution in [-0.2, 0) is 17.8 Å². The first-order valence-electron chi connectivity index (χ1n) is 9.69. The van der Waals surface area contributed by atoms with Gasteiger partial charge in [-0.3, -0.25) is 19.9 Å². The maximum absolute atomic E-state index is 12.5. The molecule has 1 aromatic heterocycles. The molecule has 0 spiro atoms. The molecule has 0 aliphatic rings. The van der Waals surface area contributed by atoms with Gasteiger partial charge in [0.2, 0.25) is 5.91 Å². The van der Waals surface area contributed by atoms with Gasteiger partial charge in [-0.05, 0) is 42.3 Å². The topological polar surface area (TPSA) is 104 Å². The van der Waals surface area contributed by atoms with Gasteiger partial charge in [0, 0.05) is 24.0 Å². The average molecular weight is 421 g/mol. The number of pyridine rings is 1. The molecular weight excluding hydrogens is 398 g/mol. The second-order valence-corrected chi connectivity index (χ2v) is 6.91. The van der Waals surface area contributed by atoms with Gasteiger partial charge in [0.1, 0.15) is 6.61 Å². The third-order valence-corrected chi connectivity index (χ3v) is 4.75. The number of ether oxygens (including phenoxy) is 2. The molecule has 0 bridgehead atoms. The molecule has 0 saturated carbocycles. The molecule has 0 aliphatic carbocycles. The second kappa shape index (κ2) is 10.2. The van der Waals surface area contributed by atoms with Crippen LogP contribution in [0.5, 0.6) is 11.5 Å². The van der Waals surface area contributed by atoms with E-state index in [1.807, 2.05) is 25.1 Å². The molecular formula is C23H23N3O5. The number of nitro benzene ring substituents is 1. The number of nitro groups is 1. The lowest BCUT2D eigenvalue weighted by molar-refractivity contribution is -0.385. The van der Waals surface area contributed by atoms with Crippen molar-refractivity contribution in [2.24, 2.45) is 0 Å². The number of carbonyl (C=O) groups is 1. The van der Waals surface area contributed by atoms with Crippen molar-refractivity contribution in [3.05, 3.63) is 93.8 Å². The van der Waals surface area contributed by atoms with Crippen LogP contribution in [0.15, 0.2) is 67.0 Å². The lowest BCUT2D eigenvalue weighted by Crippen LogP contribution is -2.28. The Morgan fingerprint density at radius 3 is 2.58 bits per heavy atom. The molecule has 8 heteroatoms. The number of hydrogen-bond acceptors (Lipinski definition) is 6. The van der Waals surface area contributed by atoms with Crippen LogP contribution in [0.3, 0.4) is 0 Å². The van der Waals surface area contributed by atoms with Gasteiger partial charge in [0.25, 0.3) is 5.69 Å². The van der Waals surface area contributed by atoms with Crippen molar-refractivity contribution in [2.75, 3.05) is 7.11 Å². The zero-order chi connectivity index (χ0) is 22.2. The molecule has 1 atom stereocenters. The van der Waals surface area contributed by atoms with E-state index < -0.39 is 4.92 Å². The monoisotopic (exact) mass is 421 g/mol. The average Bonchev–Trinajstić information content (AvgIpc) is 2.78. The Labute approximate surface area is 180 Å². The summed E-state index contributed by atoms with van der Waals surface area (Å²) in [6, 6.07) is 15.1. The Bertz CT molecular complexity index is 1060. The van der Waals surface area contributed by atoms with E-state index >= 15 is 0 Å². The van der Waals surface area contributed by atoms with Crippen molar-refractivity contribution >= 4 is 11.6 Å². The van der Waals surface area contributed by atoms with E-state index in [0.29, 0.717) is 23.7 Å². The zero-order valence-corrected chi connectivity index (χ0v) is 17.3. The molecule has 0 saturated heterocycles. The number of methoxy groups -OCH3 is 1. The minimum absolute atomic E-state index is 0.0670. The lowest BCUT2D eigenvalue weighted by atomic mass is 10.1. The van der Waals surface area contributed by atoms with Crippen molar-refractivity contribution in [3.8, 4) is 11.5 Å². The fourth-order valence-corrected chi connectivity index (χ4v) is 3.10. The van der Waals surface area contributed by atoms with E-state index in [0.717, 1.165) is 11.1 Å². The molecule has 31 heavy (non-hydrogen) atoms. The summed E-state index contributed by atoms with van der Waals surface area (Å²) in [6.45, 7) is 2.21. The van der Waals surface area contributed by atoms with Crippen LogP contribution < -0.4 is 14.8 Å². The van der Waals surface area contributed by atoms with Gasteiger partial charge in [-0.25, -0.2) is 0 Å². The summed E-state index contributed by atoms with van der Waals surface area (Å²) in [7, 11) is 1.55. The predicted molar refractivity (Wildman–Crippen MR) is 115 cm³/mol. The Kier molecular flexibility index (Phi) is 7.16. The Morgan fingerprint density at radius 1 is 1.13 bits per heavy atom. The number of aromatic nitrogens is 1. The molecule has 0 fully saturated rings. The summed E-state index contributed by atoms with van der Waals surface area (Å²) in [5.74, 6) is 0.826. The number of amides is 1. The van der Waals surface area contributed by atoms with Gasteiger partial charge in [0.15, 0.2) is 11.5 Å². The summed E-state index contributed by atoms with van der Waals surface area (Å²) in [4.78, 5) is 27.1. The van der Waals surface area contributed by atoms with Crippen LogP contribution >= 0.6 is 0 Å². The smallest absolute Gasteiger partial charge is 0.273 e. The van der Waals surface area contributed by atoms with Crippen LogP contribution in [0, 0.1) is 10.1 Å². The first-order chi connectivity index (χ1) is 15.0. The number of para-hydroxylation sites is 1. The van der Waals surface area contributed by atoms with Gasteiger partial charge in [0.05, 0.1) is 24.5 Å². The molecule has 8 nitrogen and oxygen atoms in total. The molecule has 0 aliphatic heterocycles. The quantitative estimate of drug-likeness (QED) is 0.414. The number of rotatable bonds is 9. The summed E-state index contributed by atoms with van der Waals surface area (Å²) < 4.78 is 11.3. The van der Waals surface area contributed by atoms with Crippen molar-refractivity contribution in [2.45, 2.75) is 26.0 Å². The number of nitrogens with one attached hydrogen (secondary N) is 1. The van der Waals surface area contributed by atoms with E-state index in [9.17, 15) is 14.9 Å². The number of nitrogens with zero attached hydrogens (tertiary/aromatic N) is 2. The molecule has 2 aromatic carbocycles. The van der Waals surface area contributed by atoms with Crippen molar-refractivity contribution in [3.63, 3.8) is 0 Å². The maximum Gasteiger partial charge on any atom is 0.273 e. The van der Waals surface area contributed by atoms with E-state index in [4.69, 9.17) is 9.47 Å². The zero-order valence-electron chi connectivity index (χ0n) is 17.3. The van der Waals surface area contributed by atoms with Crippen LogP contribution in [0.1, 0.15) is 29.7 Å². The highest BCUT2D eigenvalue weighted by atomic mass is 16.6. The highest BCUT2D eigenvalue weighted by molar-refractivity contribution is 5.80. The summed E-state index contributed by atoms with van der Waals surface area (Å²) in [5.41, 5.74) is 2.11. The largest absolute Gasteiger partial charge is 0.493 e.